The number of nitro benzene ring substituents is 1. The molecule has 0 radical (unpaired) electrons. The molecule has 3 aromatic rings. The fourth-order valence-corrected chi connectivity index (χ4v) is 5.56. The minimum Gasteiger partial charge on any atom is -0.350 e. The van der Waals surface area contributed by atoms with Gasteiger partial charge in [-0.05, 0) is 55.7 Å². The molecule has 0 saturated carbocycles. The SMILES string of the molecule is Cc1ccc(C(=O)N2CCC3(CC2)C(=O)N(CC(=O)NCc2ccc(F)cc2)CN3c2ccccc2)cc1[N+](=O)[O-]. The van der Waals surface area contributed by atoms with E-state index in [-0.39, 0.29) is 67.6 Å². The van der Waals surface area contributed by atoms with Gasteiger partial charge < -0.3 is 20.0 Å². The average Bonchev–Trinajstić information content (AvgIpc) is 3.23. The number of benzene rings is 3. The molecule has 0 aromatic heterocycles. The molecular weight excluding hydrogens is 529 g/mol. The molecule has 5 rings (SSSR count). The van der Waals surface area contributed by atoms with E-state index in [1.807, 2.05) is 35.2 Å². The molecule has 0 atom stereocenters. The number of carbonyl (C=O) groups excluding carboxylic acids is 3. The summed E-state index contributed by atoms with van der Waals surface area (Å²) in [6.45, 7) is 2.46. The van der Waals surface area contributed by atoms with Crippen molar-refractivity contribution in [2.24, 2.45) is 0 Å². The van der Waals surface area contributed by atoms with Gasteiger partial charge in [-0.1, -0.05) is 36.4 Å². The Hall–Kier alpha value is -4.80. The summed E-state index contributed by atoms with van der Waals surface area (Å²) in [4.78, 5) is 56.0. The van der Waals surface area contributed by atoms with Crippen LogP contribution < -0.4 is 10.2 Å². The van der Waals surface area contributed by atoms with E-state index in [0.29, 0.717) is 18.4 Å². The monoisotopic (exact) mass is 559 g/mol. The number of carbonyl (C=O) groups is 3. The van der Waals surface area contributed by atoms with Crippen molar-refractivity contribution < 1.29 is 23.7 Å². The molecule has 10 nitrogen and oxygen atoms in total. The van der Waals surface area contributed by atoms with Gasteiger partial charge in [0, 0.05) is 42.5 Å². The van der Waals surface area contributed by atoms with Crippen molar-refractivity contribution in [1.82, 2.24) is 15.1 Å². The lowest BCUT2D eigenvalue weighted by molar-refractivity contribution is -0.385. The van der Waals surface area contributed by atoms with Crippen molar-refractivity contribution in [1.29, 1.82) is 0 Å². The molecule has 2 aliphatic rings. The summed E-state index contributed by atoms with van der Waals surface area (Å²) < 4.78 is 13.2. The highest BCUT2D eigenvalue weighted by Crippen LogP contribution is 2.39. The first-order valence-corrected chi connectivity index (χ1v) is 13.4. The number of halogens is 1. The van der Waals surface area contributed by atoms with Crippen LogP contribution in [0.5, 0.6) is 0 Å². The molecule has 0 unspecified atom stereocenters. The van der Waals surface area contributed by atoms with Crippen LogP contribution in [-0.2, 0) is 16.1 Å². The van der Waals surface area contributed by atoms with Crippen LogP contribution in [-0.4, -0.2) is 64.3 Å². The predicted molar refractivity (Wildman–Crippen MR) is 149 cm³/mol. The Morgan fingerprint density at radius 2 is 1.71 bits per heavy atom. The summed E-state index contributed by atoms with van der Waals surface area (Å²) in [5.74, 6) is -1.20. The van der Waals surface area contributed by atoms with Gasteiger partial charge in [0.2, 0.25) is 5.91 Å². The molecule has 0 aliphatic carbocycles. The summed E-state index contributed by atoms with van der Waals surface area (Å²) in [5, 5.41) is 14.2. The van der Waals surface area contributed by atoms with Gasteiger partial charge in [0.1, 0.15) is 17.9 Å². The van der Waals surface area contributed by atoms with Gasteiger partial charge in [0.05, 0.1) is 11.6 Å². The molecule has 3 amide bonds. The van der Waals surface area contributed by atoms with Crippen molar-refractivity contribution >= 4 is 29.1 Å². The molecule has 1 spiro atoms. The Bertz CT molecular complexity index is 1470. The van der Waals surface area contributed by atoms with Crippen molar-refractivity contribution in [2.75, 3.05) is 31.2 Å². The maximum Gasteiger partial charge on any atom is 0.273 e. The molecule has 0 bridgehead atoms. The van der Waals surface area contributed by atoms with Crippen LogP contribution in [0.25, 0.3) is 0 Å². The zero-order valence-electron chi connectivity index (χ0n) is 22.6. The van der Waals surface area contributed by atoms with Gasteiger partial charge in [-0.2, -0.15) is 0 Å². The number of rotatable bonds is 7. The molecule has 2 aliphatic heterocycles. The first-order valence-electron chi connectivity index (χ1n) is 13.4. The maximum absolute atomic E-state index is 13.9. The van der Waals surface area contributed by atoms with Crippen LogP contribution in [0.2, 0.25) is 0 Å². The zero-order valence-corrected chi connectivity index (χ0v) is 22.6. The Labute approximate surface area is 236 Å². The number of nitro groups is 1. The van der Waals surface area contributed by atoms with E-state index in [0.717, 1.165) is 11.3 Å². The molecule has 212 valence electrons. The number of likely N-dealkylation sites (tertiary alicyclic amines) is 1. The van der Waals surface area contributed by atoms with E-state index in [2.05, 4.69) is 5.32 Å². The topological polar surface area (TPSA) is 116 Å². The number of amides is 3. The number of nitrogens with one attached hydrogen (secondary N) is 1. The fourth-order valence-electron chi connectivity index (χ4n) is 5.56. The van der Waals surface area contributed by atoms with E-state index in [9.17, 15) is 28.9 Å². The van der Waals surface area contributed by atoms with Crippen molar-refractivity contribution in [3.63, 3.8) is 0 Å². The quantitative estimate of drug-likeness (QED) is 0.349. The second-order valence-electron chi connectivity index (χ2n) is 10.4. The predicted octanol–water partition coefficient (Wildman–Crippen LogP) is 3.64. The van der Waals surface area contributed by atoms with E-state index in [1.165, 1.54) is 23.1 Å². The van der Waals surface area contributed by atoms with Crippen LogP contribution in [0.15, 0.2) is 72.8 Å². The van der Waals surface area contributed by atoms with Crippen molar-refractivity contribution in [3.8, 4) is 0 Å². The minimum atomic E-state index is -0.936. The molecular formula is C30H30FN5O5. The van der Waals surface area contributed by atoms with Crippen molar-refractivity contribution in [3.05, 3.63) is 105 Å². The number of nitrogens with zero attached hydrogens (tertiary/aromatic N) is 4. The number of anilines is 1. The number of aryl methyl sites for hydroxylation is 1. The first-order chi connectivity index (χ1) is 19.7. The normalized spacial score (nSPS) is 16.2. The first kappa shape index (κ1) is 27.8. The van der Waals surface area contributed by atoms with Gasteiger partial charge in [-0.25, -0.2) is 4.39 Å². The summed E-state index contributed by atoms with van der Waals surface area (Å²) in [5.41, 5.74) is 1.24. The molecule has 2 fully saturated rings. The van der Waals surface area contributed by atoms with Crippen molar-refractivity contribution in [2.45, 2.75) is 31.8 Å². The van der Waals surface area contributed by atoms with Crippen LogP contribution in [0.4, 0.5) is 15.8 Å². The van der Waals surface area contributed by atoms with Crippen LogP contribution in [0, 0.1) is 22.9 Å². The Morgan fingerprint density at radius 3 is 2.37 bits per heavy atom. The third-order valence-electron chi connectivity index (χ3n) is 7.85. The standard InChI is InChI=1S/C30H30FN5O5/c1-21-7-10-23(17-26(21)36(40)41)28(38)33-15-13-30(14-16-33)29(39)34(20-35(30)25-5-3-2-4-6-25)19-27(37)32-18-22-8-11-24(31)12-9-22/h2-12,17H,13-16,18-20H2,1H3,(H,32,37). The molecule has 3 aromatic carbocycles. The van der Waals surface area contributed by atoms with Crippen LogP contribution >= 0.6 is 0 Å². The lowest BCUT2D eigenvalue weighted by Crippen LogP contribution is -2.57. The van der Waals surface area contributed by atoms with Gasteiger partial charge in [-0.15, -0.1) is 0 Å². The van der Waals surface area contributed by atoms with E-state index < -0.39 is 10.5 Å². The number of hydrogen-bond acceptors (Lipinski definition) is 6. The summed E-state index contributed by atoms with van der Waals surface area (Å²) in [7, 11) is 0. The number of para-hydroxylation sites is 1. The lowest BCUT2D eigenvalue weighted by Gasteiger charge is -2.43. The highest BCUT2D eigenvalue weighted by atomic mass is 19.1. The largest absolute Gasteiger partial charge is 0.350 e. The Balaban J connectivity index is 1.30. The second kappa shape index (κ2) is 11.4. The third kappa shape index (κ3) is 5.60. The smallest absolute Gasteiger partial charge is 0.273 e. The highest BCUT2D eigenvalue weighted by molar-refractivity contribution is 5.98. The van der Waals surface area contributed by atoms with Gasteiger partial charge in [0.25, 0.3) is 17.5 Å². The fraction of sp³-hybridized carbons (Fsp3) is 0.300. The molecule has 41 heavy (non-hydrogen) atoms. The average molecular weight is 560 g/mol. The number of piperidine rings is 1. The van der Waals surface area contributed by atoms with E-state index in [4.69, 9.17) is 0 Å². The van der Waals surface area contributed by atoms with E-state index in [1.54, 1.807) is 36.1 Å². The van der Waals surface area contributed by atoms with E-state index >= 15 is 0 Å². The zero-order chi connectivity index (χ0) is 29.1. The van der Waals surface area contributed by atoms with Crippen LogP contribution in [0.1, 0.15) is 34.3 Å². The maximum atomic E-state index is 13.9. The summed E-state index contributed by atoms with van der Waals surface area (Å²) >= 11 is 0. The van der Waals surface area contributed by atoms with Gasteiger partial charge in [0.15, 0.2) is 0 Å². The number of hydrogen-bond donors (Lipinski definition) is 1. The highest BCUT2D eigenvalue weighted by Gasteiger charge is 2.54. The molecule has 2 heterocycles. The summed E-state index contributed by atoms with van der Waals surface area (Å²) in [6, 6.07) is 19.7. The van der Waals surface area contributed by atoms with Gasteiger partial charge >= 0.3 is 0 Å². The summed E-state index contributed by atoms with van der Waals surface area (Å²) in [6.07, 6.45) is 0.683. The Kier molecular flexibility index (Phi) is 7.69. The molecule has 11 heteroatoms. The molecule has 2 saturated heterocycles. The van der Waals surface area contributed by atoms with Gasteiger partial charge in [-0.3, -0.25) is 24.5 Å². The second-order valence-corrected chi connectivity index (χ2v) is 10.4. The third-order valence-corrected chi connectivity index (χ3v) is 7.85. The minimum absolute atomic E-state index is 0.112. The lowest BCUT2D eigenvalue weighted by atomic mass is 9.85. The Morgan fingerprint density at radius 1 is 1.02 bits per heavy atom. The van der Waals surface area contributed by atoms with Crippen LogP contribution in [0.3, 0.4) is 0 Å². The molecule has 1 N–H and O–H groups in total.